The van der Waals surface area contributed by atoms with Crippen LogP contribution < -0.4 is 0 Å². The highest BCUT2D eigenvalue weighted by Gasteiger charge is 2.39. The van der Waals surface area contributed by atoms with E-state index in [0.29, 0.717) is 30.7 Å². The minimum atomic E-state index is -0.178. The van der Waals surface area contributed by atoms with Gasteiger partial charge in [0.15, 0.2) is 0 Å². The quantitative estimate of drug-likeness (QED) is 0.782. The second kappa shape index (κ2) is 4.22. The van der Waals surface area contributed by atoms with Crippen molar-refractivity contribution < 1.29 is 9.18 Å². The molecule has 3 rings (SSSR count). The van der Waals surface area contributed by atoms with Crippen LogP contribution in [0.25, 0.3) is 0 Å². The largest absolute Gasteiger partial charge is 0.300 e. The fourth-order valence-electron chi connectivity index (χ4n) is 3.17. The maximum Gasteiger partial charge on any atom is 0.136 e. The Balaban J connectivity index is 1.76. The first kappa shape index (κ1) is 10.9. The number of rotatable bonds is 2. The fraction of sp³-hybridized carbons (Fsp3) is 0.500. The van der Waals surface area contributed by atoms with Crippen LogP contribution in [0.1, 0.15) is 31.2 Å². The van der Waals surface area contributed by atoms with Crippen LogP contribution >= 0.6 is 0 Å². The highest BCUT2D eigenvalue weighted by atomic mass is 19.1. The van der Waals surface area contributed by atoms with Crippen LogP contribution in [0.5, 0.6) is 0 Å². The molecule has 17 heavy (non-hydrogen) atoms. The molecule has 2 aliphatic rings. The molecule has 2 nitrogen and oxygen atoms in total. The van der Waals surface area contributed by atoms with Crippen LogP contribution in [0.4, 0.5) is 4.39 Å². The van der Waals surface area contributed by atoms with Gasteiger partial charge in [-0.15, -0.1) is 0 Å². The van der Waals surface area contributed by atoms with Gasteiger partial charge in [0.05, 0.1) is 0 Å². The Kier molecular flexibility index (Phi) is 2.71. The number of piperidine rings is 1. The predicted octanol–water partition coefficient (Wildman–Crippen LogP) is 2.52. The van der Waals surface area contributed by atoms with Gasteiger partial charge in [0.1, 0.15) is 11.6 Å². The van der Waals surface area contributed by atoms with Crippen LogP contribution in [-0.2, 0) is 11.3 Å². The molecule has 0 aromatic heterocycles. The van der Waals surface area contributed by atoms with Gasteiger partial charge in [0.25, 0.3) is 0 Å². The zero-order valence-electron chi connectivity index (χ0n) is 9.73. The van der Waals surface area contributed by atoms with Gasteiger partial charge in [0, 0.05) is 31.5 Å². The molecule has 2 bridgehead atoms. The van der Waals surface area contributed by atoms with Crippen molar-refractivity contribution in [1.82, 2.24) is 4.90 Å². The molecular weight excluding hydrogens is 217 g/mol. The highest BCUT2D eigenvalue weighted by molar-refractivity contribution is 5.80. The molecule has 3 heteroatoms. The second-order valence-corrected chi connectivity index (χ2v) is 5.13. The van der Waals surface area contributed by atoms with E-state index < -0.39 is 0 Å². The number of carbonyl (C=O) groups excluding carboxylic acids is 1. The lowest BCUT2D eigenvalue weighted by Crippen LogP contribution is -2.42. The number of ketones is 1. The first-order chi connectivity index (χ1) is 8.22. The van der Waals surface area contributed by atoms with E-state index in [2.05, 4.69) is 4.90 Å². The molecule has 0 spiro atoms. The third-order valence-corrected chi connectivity index (χ3v) is 3.95. The molecule has 1 aromatic carbocycles. The minimum Gasteiger partial charge on any atom is -0.300 e. The van der Waals surface area contributed by atoms with E-state index in [1.807, 2.05) is 6.07 Å². The van der Waals surface area contributed by atoms with E-state index in [1.54, 1.807) is 12.1 Å². The Morgan fingerprint density at radius 1 is 1.24 bits per heavy atom. The summed E-state index contributed by atoms with van der Waals surface area (Å²) in [6.07, 6.45) is 3.61. The predicted molar refractivity (Wildman–Crippen MR) is 63.0 cm³/mol. The summed E-state index contributed by atoms with van der Waals surface area (Å²) < 4.78 is 13.1. The van der Waals surface area contributed by atoms with Gasteiger partial charge in [-0.1, -0.05) is 12.1 Å². The van der Waals surface area contributed by atoms with Crippen molar-refractivity contribution in [2.24, 2.45) is 0 Å². The van der Waals surface area contributed by atoms with Gasteiger partial charge in [0.2, 0.25) is 0 Å². The lowest BCUT2D eigenvalue weighted by atomic mass is 10.0. The Bertz CT molecular complexity index is 430. The monoisotopic (exact) mass is 233 g/mol. The van der Waals surface area contributed by atoms with Crippen molar-refractivity contribution in [1.29, 1.82) is 0 Å². The number of halogens is 1. The number of hydrogen-bond acceptors (Lipinski definition) is 2. The average Bonchev–Trinajstić information content (AvgIpc) is 2.54. The van der Waals surface area contributed by atoms with Crippen molar-refractivity contribution in [2.45, 2.75) is 44.3 Å². The SMILES string of the molecule is O=C1CC2CCC(C1)N2Cc1cccc(F)c1. The number of fused-ring (bicyclic) bond motifs is 2. The molecule has 90 valence electrons. The standard InChI is InChI=1S/C14H16FNO/c15-11-3-1-2-10(6-11)9-16-12-4-5-13(16)8-14(17)7-12/h1-3,6,12-13H,4-5,7-9H2. The smallest absolute Gasteiger partial charge is 0.136 e. The third-order valence-electron chi connectivity index (χ3n) is 3.95. The fourth-order valence-corrected chi connectivity index (χ4v) is 3.17. The zero-order valence-corrected chi connectivity index (χ0v) is 9.73. The number of Topliss-reactive ketones (excluding diaryl/α,β-unsaturated/α-hetero) is 1. The van der Waals surface area contributed by atoms with Gasteiger partial charge in [-0.3, -0.25) is 9.69 Å². The first-order valence-corrected chi connectivity index (χ1v) is 6.24. The molecular formula is C14H16FNO. The van der Waals surface area contributed by atoms with Crippen molar-refractivity contribution >= 4 is 5.78 Å². The van der Waals surface area contributed by atoms with E-state index in [1.165, 1.54) is 6.07 Å². The van der Waals surface area contributed by atoms with E-state index in [0.717, 1.165) is 24.9 Å². The molecule has 0 radical (unpaired) electrons. The molecule has 0 N–H and O–H groups in total. The van der Waals surface area contributed by atoms with Gasteiger partial charge < -0.3 is 0 Å². The van der Waals surface area contributed by atoms with Crippen molar-refractivity contribution in [2.75, 3.05) is 0 Å². The summed E-state index contributed by atoms with van der Waals surface area (Å²) in [5.41, 5.74) is 1.01. The second-order valence-electron chi connectivity index (χ2n) is 5.13. The van der Waals surface area contributed by atoms with Crippen molar-refractivity contribution in [3.8, 4) is 0 Å². The van der Waals surface area contributed by atoms with Gasteiger partial charge >= 0.3 is 0 Å². The molecule has 2 fully saturated rings. The summed E-state index contributed by atoms with van der Waals surface area (Å²) in [6, 6.07) is 7.56. The van der Waals surface area contributed by atoms with Crippen molar-refractivity contribution in [3.05, 3.63) is 35.6 Å². The maximum atomic E-state index is 13.1. The van der Waals surface area contributed by atoms with Crippen LogP contribution in [-0.4, -0.2) is 22.8 Å². The van der Waals surface area contributed by atoms with Gasteiger partial charge in [-0.25, -0.2) is 4.39 Å². The average molecular weight is 233 g/mol. The van der Waals surface area contributed by atoms with Crippen LogP contribution in [0, 0.1) is 5.82 Å². The molecule has 0 amide bonds. The molecule has 2 atom stereocenters. The summed E-state index contributed by atoms with van der Waals surface area (Å²) in [5.74, 6) is 0.218. The molecule has 0 aliphatic carbocycles. The van der Waals surface area contributed by atoms with Gasteiger partial charge in [-0.05, 0) is 30.5 Å². The van der Waals surface area contributed by atoms with E-state index >= 15 is 0 Å². The number of hydrogen-bond donors (Lipinski definition) is 0. The van der Waals surface area contributed by atoms with Crippen LogP contribution in [0.2, 0.25) is 0 Å². The summed E-state index contributed by atoms with van der Waals surface area (Å²) in [7, 11) is 0. The molecule has 2 unspecified atom stereocenters. The number of carbonyl (C=O) groups is 1. The van der Waals surface area contributed by atoms with E-state index in [9.17, 15) is 9.18 Å². The van der Waals surface area contributed by atoms with Gasteiger partial charge in [-0.2, -0.15) is 0 Å². The Morgan fingerprint density at radius 3 is 2.59 bits per heavy atom. The van der Waals surface area contributed by atoms with E-state index in [4.69, 9.17) is 0 Å². The number of benzene rings is 1. The Labute approximate surface area is 100 Å². The summed E-state index contributed by atoms with van der Waals surface area (Å²) in [5, 5.41) is 0. The Hall–Kier alpha value is -1.22. The molecule has 2 aliphatic heterocycles. The maximum absolute atomic E-state index is 13.1. The normalized spacial score (nSPS) is 28.6. The zero-order chi connectivity index (χ0) is 11.8. The van der Waals surface area contributed by atoms with Crippen LogP contribution in [0.3, 0.4) is 0 Å². The molecule has 2 heterocycles. The van der Waals surface area contributed by atoms with E-state index in [-0.39, 0.29) is 5.82 Å². The number of nitrogens with zero attached hydrogens (tertiary/aromatic N) is 1. The topological polar surface area (TPSA) is 20.3 Å². The summed E-state index contributed by atoms with van der Waals surface area (Å²) >= 11 is 0. The Morgan fingerprint density at radius 2 is 1.94 bits per heavy atom. The third kappa shape index (κ3) is 2.12. The first-order valence-electron chi connectivity index (χ1n) is 6.24. The molecule has 1 aromatic rings. The van der Waals surface area contributed by atoms with Crippen molar-refractivity contribution in [3.63, 3.8) is 0 Å². The molecule has 2 saturated heterocycles. The lowest BCUT2D eigenvalue weighted by Gasteiger charge is -2.33. The highest BCUT2D eigenvalue weighted by Crippen LogP contribution is 2.35. The molecule has 0 saturated carbocycles. The van der Waals surface area contributed by atoms with Crippen LogP contribution in [0.15, 0.2) is 24.3 Å². The summed E-state index contributed by atoms with van der Waals surface area (Å²) in [4.78, 5) is 13.9. The summed E-state index contributed by atoms with van der Waals surface area (Å²) in [6.45, 7) is 0.778. The lowest BCUT2D eigenvalue weighted by molar-refractivity contribution is -0.123. The minimum absolute atomic E-state index is 0.178.